The second-order valence-corrected chi connectivity index (χ2v) is 6.50. The summed E-state index contributed by atoms with van der Waals surface area (Å²) in [4.78, 5) is 2.45. The number of hydrogen-bond donors (Lipinski definition) is 1. The smallest absolute Gasteiger partial charge is 0.0513 e. The van der Waals surface area contributed by atoms with Gasteiger partial charge in [0.2, 0.25) is 0 Å². The minimum atomic E-state index is 0.406. The first-order valence-corrected chi connectivity index (χ1v) is 8.34. The van der Waals surface area contributed by atoms with Gasteiger partial charge in [0, 0.05) is 23.6 Å². The van der Waals surface area contributed by atoms with Gasteiger partial charge in [-0.3, -0.25) is 0 Å². The third-order valence-electron chi connectivity index (χ3n) is 3.85. The van der Waals surface area contributed by atoms with E-state index in [2.05, 4.69) is 71.2 Å². The van der Waals surface area contributed by atoms with E-state index in [4.69, 9.17) is 0 Å². The molecule has 1 atom stereocenters. The van der Waals surface area contributed by atoms with Gasteiger partial charge in [-0.05, 0) is 66.9 Å². The van der Waals surface area contributed by atoms with Crippen LogP contribution in [0.25, 0.3) is 0 Å². The van der Waals surface area contributed by atoms with E-state index in [9.17, 15) is 0 Å². The van der Waals surface area contributed by atoms with Crippen molar-refractivity contribution in [3.05, 3.63) is 39.9 Å². The molecule has 3 heteroatoms. The van der Waals surface area contributed by atoms with Gasteiger partial charge in [0.15, 0.2) is 0 Å². The second-order valence-electron chi connectivity index (χ2n) is 5.65. The lowest BCUT2D eigenvalue weighted by Gasteiger charge is -2.29. The third kappa shape index (κ3) is 3.86. The summed E-state index contributed by atoms with van der Waals surface area (Å²) in [5.74, 6) is 0. The zero-order valence-electron chi connectivity index (χ0n) is 12.7. The van der Waals surface area contributed by atoms with Gasteiger partial charge in [-0.1, -0.05) is 24.6 Å². The van der Waals surface area contributed by atoms with Gasteiger partial charge in [-0.15, -0.1) is 0 Å². The maximum Gasteiger partial charge on any atom is 0.0513 e. The highest BCUT2D eigenvalue weighted by molar-refractivity contribution is 9.10. The number of anilines is 1. The normalized spacial score (nSPS) is 17.0. The SMILES string of the molecule is CCCNC(C)c1ccc(N2CCC=C(C)C2)c(Br)c1. The lowest BCUT2D eigenvalue weighted by Crippen LogP contribution is -2.29. The van der Waals surface area contributed by atoms with Gasteiger partial charge < -0.3 is 10.2 Å². The molecular weight excluding hydrogens is 312 g/mol. The zero-order chi connectivity index (χ0) is 14.5. The molecule has 1 N–H and O–H groups in total. The number of nitrogens with zero attached hydrogens (tertiary/aromatic N) is 1. The van der Waals surface area contributed by atoms with Gasteiger partial charge in [0.05, 0.1) is 5.69 Å². The van der Waals surface area contributed by atoms with Crippen molar-refractivity contribution in [1.82, 2.24) is 5.32 Å². The van der Waals surface area contributed by atoms with Crippen LogP contribution in [0.4, 0.5) is 5.69 Å². The van der Waals surface area contributed by atoms with Gasteiger partial charge in [-0.25, -0.2) is 0 Å². The summed E-state index contributed by atoms with van der Waals surface area (Å²) in [6.07, 6.45) is 4.66. The molecule has 110 valence electrons. The number of nitrogens with one attached hydrogen (secondary N) is 1. The zero-order valence-corrected chi connectivity index (χ0v) is 14.3. The van der Waals surface area contributed by atoms with Crippen LogP contribution < -0.4 is 10.2 Å². The molecule has 0 spiro atoms. The summed E-state index contributed by atoms with van der Waals surface area (Å²) >= 11 is 3.75. The molecule has 0 amide bonds. The van der Waals surface area contributed by atoms with E-state index in [1.807, 2.05) is 0 Å². The maximum atomic E-state index is 3.75. The van der Waals surface area contributed by atoms with Crippen molar-refractivity contribution in [1.29, 1.82) is 0 Å². The van der Waals surface area contributed by atoms with Crippen molar-refractivity contribution in [2.45, 2.75) is 39.7 Å². The molecule has 0 fully saturated rings. The summed E-state index contributed by atoms with van der Waals surface area (Å²) < 4.78 is 1.20. The molecule has 1 aliphatic rings. The fourth-order valence-corrected chi connectivity index (χ4v) is 3.29. The standard InChI is InChI=1S/C17H25BrN2/c1-4-9-19-14(3)15-7-8-17(16(18)11-15)20-10-5-6-13(2)12-20/h6-8,11,14,19H,4-5,9-10,12H2,1-3H3. The average Bonchev–Trinajstić information content (AvgIpc) is 2.44. The molecule has 0 saturated heterocycles. The van der Waals surface area contributed by atoms with Crippen LogP contribution in [-0.4, -0.2) is 19.6 Å². The van der Waals surface area contributed by atoms with E-state index in [0.29, 0.717) is 6.04 Å². The highest BCUT2D eigenvalue weighted by Gasteiger charge is 2.15. The summed E-state index contributed by atoms with van der Waals surface area (Å²) in [6.45, 7) is 9.86. The molecule has 0 radical (unpaired) electrons. The fraction of sp³-hybridized carbons (Fsp3) is 0.529. The molecule has 1 aromatic rings. The van der Waals surface area contributed by atoms with Crippen LogP contribution >= 0.6 is 15.9 Å². The Hall–Kier alpha value is -0.800. The Morgan fingerprint density at radius 2 is 2.20 bits per heavy atom. The quantitative estimate of drug-likeness (QED) is 0.786. The maximum absolute atomic E-state index is 3.75. The molecule has 0 aliphatic carbocycles. The largest absolute Gasteiger partial charge is 0.366 e. The topological polar surface area (TPSA) is 15.3 Å². The first-order chi connectivity index (χ1) is 9.61. The monoisotopic (exact) mass is 336 g/mol. The molecular formula is C17H25BrN2. The molecule has 1 heterocycles. The summed E-state index contributed by atoms with van der Waals surface area (Å²) in [5.41, 5.74) is 4.12. The minimum absolute atomic E-state index is 0.406. The molecule has 20 heavy (non-hydrogen) atoms. The molecule has 0 saturated carbocycles. The molecule has 2 rings (SSSR count). The van der Waals surface area contributed by atoms with Crippen LogP contribution in [0.1, 0.15) is 45.2 Å². The van der Waals surface area contributed by atoms with Crippen molar-refractivity contribution < 1.29 is 0 Å². The Kier molecular flexibility index (Phi) is 5.67. The Morgan fingerprint density at radius 3 is 2.85 bits per heavy atom. The van der Waals surface area contributed by atoms with Gasteiger partial charge in [0.1, 0.15) is 0 Å². The van der Waals surface area contributed by atoms with E-state index < -0.39 is 0 Å². The van der Waals surface area contributed by atoms with Crippen molar-refractivity contribution in [3.63, 3.8) is 0 Å². The van der Waals surface area contributed by atoms with E-state index in [-0.39, 0.29) is 0 Å². The Morgan fingerprint density at radius 1 is 1.40 bits per heavy atom. The molecule has 0 aromatic heterocycles. The first-order valence-electron chi connectivity index (χ1n) is 7.55. The summed E-state index contributed by atoms with van der Waals surface area (Å²) in [5, 5.41) is 3.54. The van der Waals surface area contributed by atoms with Crippen molar-refractivity contribution in [3.8, 4) is 0 Å². The minimum Gasteiger partial charge on any atom is -0.366 e. The average molecular weight is 337 g/mol. The van der Waals surface area contributed by atoms with Crippen LogP contribution in [-0.2, 0) is 0 Å². The van der Waals surface area contributed by atoms with E-state index >= 15 is 0 Å². The van der Waals surface area contributed by atoms with Crippen LogP contribution in [0.2, 0.25) is 0 Å². The van der Waals surface area contributed by atoms with Gasteiger partial charge in [-0.2, -0.15) is 0 Å². The predicted molar refractivity (Wildman–Crippen MR) is 91.4 cm³/mol. The van der Waals surface area contributed by atoms with E-state index in [1.165, 1.54) is 27.7 Å². The number of hydrogen-bond acceptors (Lipinski definition) is 2. The van der Waals surface area contributed by atoms with Gasteiger partial charge >= 0.3 is 0 Å². The van der Waals surface area contributed by atoms with Crippen LogP contribution in [0, 0.1) is 0 Å². The molecule has 1 unspecified atom stereocenters. The highest BCUT2D eigenvalue weighted by Crippen LogP contribution is 2.31. The summed E-state index contributed by atoms with van der Waals surface area (Å²) in [7, 11) is 0. The van der Waals surface area contributed by atoms with E-state index in [1.54, 1.807) is 0 Å². The van der Waals surface area contributed by atoms with Crippen molar-refractivity contribution in [2.24, 2.45) is 0 Å². The second kappa shape index (κ2) is 7.28. The van der Waals surface area contributed by atoms with Crippen molar-refractivity contribution in [2.75, 3.05) is 24.5 Å². The summed E-state index contributed by atoms with van der Waals surface area (Å²) in [6, 6.07) is 7.17. The van der Waals surface area contributed by atoms with Crippen LogP contribution in [0.5, 0.6) is 0 Å². The fourth-order valence-electron chi connectivity index (χ4n) is 2.64. The third-order valence-corrected chi connectivity index (χ3v) is 4.48. The van der Waals surface area contributed by atoms with E-state index in [0.717, 1.165) is 26.1 Å². The number of benzene rings is 1. The number of rotatable bonds is 5. The predicted octanol–water partition coefficient (Wildman–Crippen LogP) is 4.67. The highest BCUT2D eigenvalue weighted by atomic mass is 79.9. The number of halogens is 1. The van der Waals surface area contributed by atoms with Crippen LogP contribution in [0.3, 0.4) is 0 Å². The van der Waals surface area contributed by atoms with Crippen molar-refractivity contribution >= 4 is 21.6 Å². The Labute approximate surface area is 131 Å². The molecule has 0 bridgehead atoms. The van der Waals surface area contributed by atoms with Crippen LogP contribution in [0.15, 0.2) is 34.3 Å². The molecule has 1 aliphatic heterocycles. The molecule has 1 aromatic carbocycles. The lowest BCUT2D eigenvalue weighted by molar-refractivity contribution is 0.570. The Balaban J connectivity index is 2.11. The Bertz CT molecular complexity index is 482. The van der Waals surface area contributed by atoms with Gasteiger partial charge in [0.25, 0.3) is 0 Å². The molecule has 2 nitrogen and oxygen atoms in total. The lowest BCUT2D eigenvalue weighted by atomic mass is 10.1. The first kappa shape index (κ1) is 15.6.